The number of carbonyl (C=O) groups is 3. The molecule has 128 valence electrons. The lowest BCUT2D eigenvalue weighted by molar-refractivity contribution is -0.121. The molecule has 1 unspecified atom stereocenters. The van der Waals surface area contributed by atoms with Crippen LogP contribution in [0, 0.1) is 0 Å². The van der Waals surface area contributed by atoms with Crippen molar-refractivity contribution in [1.82, 2.24) is 0 Å². The van der Waals surface area contributed by atoms with Crippen molar-refractivity contribution >= 4 is 35.2 Å². The zero-order valence-electron chi connectivity index (χ0n) is 13.6. The van der Waals surface area contributed by atoms with Crippen molar-refractivity contribution in [3.8, 4) is 0 Å². The van der Waals surface area contributed by atoms with E-state index in [4.69, 9.17) is 0 Å². The molecule has 0 aromatic heterocycles. The van der Waals surface area contributed by atoms with Crippen molar-refractivity contribution in [1.29, 1.82) is 0 Å². The lowest BCUT2D eigenvalue weighted by atomic mass is 10.1. The van der Waals surface area contributed by atoms with E-state index in [1.165, 1.54) is 11.0 Å². The minimum Gasteiger partial charge on any atom is -0.478 e. The van der Waals surface area contributed by atoms with Crippen LogP contribution < -0.4 is 4.90 Å². The van der Waals surface area contributed by atoms with Gasteiger partial charge in [0.25, 0.3) is 0 Å². The summed E-state index contributed by atoms with van der Waals surface area (Å²) in [5.74, 6) is -1.62. The molecule has 25 heavy (non-hydrogen) atoms. The quantitative estimate of drug-likeness (QED) is 0.833. The van der Waals surface area contributed by atoms with E-state index in [-0.39, 0.29) is 23.8 Å². The van der Waals surface area contributed by atoms with Crippen molar-refractivity contribution in [2.75, 3.05) is 4.90 Å². The zero-order valence-corrected chi connectivity index (χ0v) is 14.5. The minimum absolute atomic E-state index is 0.0625. The Balaban J connectivity index is 1.83. The van der Waals surface area contributed by atoms with Crippen LogP contribution >= 0.6 is 11.8 Å². The molecule has 0 aliphatic carbocycles. The number of hydrogen-bond acceptors (Lipinski definition) is 4. The molecule has 6 heteroatoms. The molecule has 1 atom stereocenters. The monoisotopic (exact) mass is 355 g/mol. The summed E-state index contributed by atoms with van der Waals surface area (Å²) in [4.78, 5) is 38.0. The topological polar surface area (TPSA) is 74.7 Å². The number of carbonyl (C=O) groups excluding carboxylic acids is 2. The second kappa shape index (κ2) is 7.11. The summed E-state index contributed by atoms with van der Waals surface area (Å²) in [7, 11) is 0. The standard InChI is InChI=1S/C19H17NO4S/c1-2-12-7-9-13(10-8-12)20-17(21)11-16(18(20)22)25-15-6-4-3-5-14(15)19(23)24/h3-10,16H,2,11H2,1H3,(H,23,24). The highest BCUT2D eigenvalue weighted by molar-refractivity contribution is 8.00. The molecule has 1 heterocycles. The van der Waals surface area contributed by atoms with Gasteiger partial charge in [0.05, 0.1) is 16.5 Å². The smallest absolute Gasteiger partial charge is 0.336 e. The van der Waals surface area contributed by atoms with Crippen LogP contribution in [0.3, 0.4) is 0 Å². The van der Waals surface area contributed by atoms with Crippen LogP contribution in [-0.4, -0.2) is 28.1 Å². The molecule has 2 amide bonds. The summed E-state index contributed by atoms with van der Waals surface area (Å²) in [5, 5.41) is 8.65. The summed E-state index contributed by atoms with van der Waals surface area (Å²) < 4.78 is 0. The lowest BCUT2D eigenvalue weighted by Crippen LogP contribution is -2.31. The van der Waals surface area contributed by atoms with Gasteiger partial charge in [0.15, 0.2) is 0 Å². The second-order valence-electron chi connectivity index (χ2n) is 5.70. The van der Waals surface area contributed by atoms with Gasteiger partial charge < -0.3 is 5.11 Å². The summed E-state index contributed by atoms with van der Waals surface area (Å²) in [6.45, 7) is 2.04. The molecular weight excluding hydrogens is 338 g/mol. The Kier molecular flexibility index (Phi) is 4.90. The average Bonchev–Trinajstić information content (AvgIpc) is 2.89. The van der Waals surface area contributed by atoms with E-state index >= 15 is 0 Å². The van der Waals surface area contributed by atoms with Crippen LogP contribution in [0.5, 0.6) is 0 Å². The van der Waals surface area contributed by atoms with Crippen LogP contribution in [-0.2, 0) is 16.0 Å². The molecule has 3 rings (SSSR count). The first-order valence-electron chi connectivity index (χ1n) is 7.96. The third-order valence-electron chi connectivity index (χ3n) is 4.09. The highest BCUT2D eigenvalue weighted by Gasteiger charge is 2.40. The number of thioether (sulfide) groups is 1. The summed E-state index contributed by atoms with van der Waals surface area (Å²) in [6.07, 6.45) is 0.944. The molecule has 1 N–H and O–H groups in total. The van der Waals surface area contributed by atoms with Gasteiger partial charge in [-0.1, -0.05) is 31.2 Å². The third-order valence-corrected chi connectivity index (χ3v) is 5.36. The Hall–Kier alpha value is -2.60. The van der Waals surface area contributed by atoms with Gasteiger partial charge in [-0.25, -0.2) is 9.69 Å². The number of rotatable bonds is 5. The second-order valence-corrected chi connectivity index (χ2v) is 6.94. The van der Waals surface area contributed by atoms with Crippen LogP contribution in [0.25, 0.3) is 0 Å². The maximum absolute atomic E-state index is 12.7. The van der Waals surface area contributed by atoms with Crippen molar-refractivity contribution < 1.29 is 19.5 Å². The average molecular weight is 355 g/mol. The highest BCUT2D eigenvalue weighted by Crippen LogP contribution is 2.35. The number of aromatic carboxylic acids is 1. The van der Waals surface area contributed by atoms with E-state index in [1.807, 2.05) is 19.1 Å². The highest BCUT2D eigenvalue weighted by atomic mass is 32.2. The molecule has 0 radical (unpaired) electrons. The van der Waals surface area contributed by atoms with Crippen molar-refractivity contribution in [2.45, 2.75) is 29.9 Å². The molecule has 1 fully saturated rings. The van der Waals surface area contributed by atoms with Crippen LogP contribution in [0.15, 0.2) is 53.4 Å². The number of hydrogen-bond donors (Lipinski definition) is 1. The molecule has 0 spiro atoms. The Labute approximate surface area is 149 Å². The summed E-state index contributed by atoms with van der Waals surface area (Å²) >= 11 is 1.13. The summed E-state index contributed by atoms with van der Waals surface area (Å²) in [5.41, 5.74) is 1.82. The minimum atomic E-state index is -1.05. The van der Waals surface area contributed by atoms with Crippen LogP contribution in [0.4, 0.5) is 5.69 Å². The van der Waals surface area contributed by atoms with Gasteiger partial charge >= 0.3 is 5.97 Å². The number of carboxylic acid groups (broad SMARTS) is 1. The first-order chi connectivity index (χ1) is 12.0. The predicted molar refractivity (Wildman–Crippen MR) is 96.0 cm³/mol. The van der Waals surface area contributed by atoms with Gasteiger partial charge in [0.1, 0.15) is 0 Å². The van der Waals surface area contributed by atoms with Crippen LogP contribution in [0.1, 0.15) is 29.3 Å². The number of aryl methyl sites for hydroxylation is 1. The first-order valence-corrected chi connectivity index (χ1v) is 8.84. The fourth-order valence-corrected chi connectivity index (χ4v) is 3.93. The van der Waals surface area contributed by atoms with E-state index < -0.39 is 11.2 Å². The molecule has 1 aliphatic heterocycles. The molecular formula is C19H17NO4S. The maximum Gasteiger partial charge on any atom is 0.336 e. The van der Waals surface area contributed by atoms with Crippen LogP contribution in [0.2, 0.25) is 0 Å². The number of amides is 2. The Morgan fingerprint density at radius 1 is 1.16 bits per heavy atom. The van der Waals surface area contributed by atoms with Gasteiger partial charge in [0.2, 0.25) is 11.8 Å². The molecule has 2 aromatic rings. The lowest BCUT2D eigenvalue weighted by Gasteiger charge is -2.15. The van der Waals surface area contributed by atoms with Gasteiger partial charge in [0, 0.05) is 11.3 Å². The maximum atomic E-state index is 12.7. The van der Waals surface area contributed by atoms with E-state index in [0.717, 1.165) is 23.7 Å². The number of carboxylic acids is 1. The number of imide groups is 1. The summed E-state index contributed by atoms with van der Waals surface area (Å²) in [6, 6.07) is 13.8. The number of nitrogens with zero attached hydrogens (tertiary/aromatic N) is 1. The van der Waals surface area contributed by atoms with Gasteiger partial charge in [-0.3, -0.25) is 9.59 Å². The largest absolute Gasteiger partial charge is 0.478 e. The first kappa shape index (κ1) is 17.2. The Morgan fingerprint density at radius 3 is 2.48 bits per heavy atom. The molecule has 1 aliphatic rings. The Bertz CT molecular complexity index is 832. The molecule has 0 bridgehead atoms. The SMILES string of the molecule is CCc1ccc(N2C(=O)CC(Sc3ccccc3C(=O)O)C2=O)cc1. The molecule has 1 saturated heterocycles. The number of benzene rings is 2. The van der Waals surface area contributed by atoms with E-state index in [0.29, 0.717) is 10.6 Å². The van der Waals surface area contributed by atoms with Crippen molar-refractivity contribution in [3.63, 3.8) is 0 Å². The number of anilines is 1. The normalized spacial score (nSPS) is 17.2. The van der Waals surface area contributed by atoms with E-state index in [1.54, 1.807) is 30.3 Å². The Morgan fingerprint density at radius 2 is 1.84 bits per heavy atom. The zero-order chi connectivity index (χ0) is 18.0. The third kappa shape index (κ3) is 3.44. The fourth-order valence-electron chi connectivity index (χ4n) is 2.75. The predicted octanol–water partition coefficient (Wildman–Crippen LogP) is 3.37. The van der Waals surface area contributed by atoms with Crippen molar-refractivity contribution in [2.24, 2.45) is 0 Å². The molecule has 5 nitrogen and oxygen atoms in total. The van der Waals surface area contributed by atoms with Gasteiger partial charge in [-0.15, -0.1) is 11.8 Å². The molecule has 0 saturated carbocycles. The fraction of sp³-hybridized carbons (Fsp3) is 0.211. The van der Waals surface area contributed by atoms with Gasteiger partial charge in [-0.2, -0.15) is 0 Å². The molecule has 2 aromatic carbocycles. The van der Waals surface area contributed by atoms with E-state index in [2.05, 4.69) is 0 Å². The van der Waals surface area contributed by atoms with E-state index in [9.17, 15) is 19.5 Å². The van der Waals surface area contributed by atoms with Gasteiger partial charge in [-0.05, 0) is 36.2 Å². The van der Waals surface area contributed by atoms with Crippen molar-refractivity contribution in [3.05, 3.63) is 59.7 Å².